The van der Waals surface area contributed by atoms with E-state index in [1.54, 1.807) is 0 Å². The second-order valence-electron chi connectivity index (χ2n) is 1.67. The van der Waals surface area contributed by atoms with Crippen molar-refractivity contribution in [1.82, 2.24) is 0 Å². The van der Waals surface area contributed by atoms with Crippen LogP contribution in [0.5, 0.6) is 0 Å². The van der Waals surface area contributed by atoms with Crippen LogP contribution in [-0.2, 0) is 4.74 Å². The van der Waals surface area contributed by atoms with E-state index < -0.39 is 6.36 Å². The molecule has 0 bridgehead atoms. The molecule has 1 aliphatic heterocycles. The van der Waals surface area contributed by atoms with Crippen molar-refractivity contribution in [2.45, 2.75) is 18.8 Å². The van der Waals surface area contributed by atoms with Crippen LogP contribution < -0.4 is 5.73 Å². The fourth-order valence-electron chi connectivity index (χ4n) is 0.571. The second kappa shape index (κ2) is 1.76. The van der Waals surface area contributed by atoms with Gasteiger partial charge in [-0.25, -0.2) is 4.39 Å². The summed E-state index contributed by atoms with van der Waals surface area (Å²) >= 11 is 0. The van der Waals surface area contributed by atoms with E-state index in [-0.39, 0.29) is 6.04 Å². The molecule has 0 spiro atoms. The number of hydrogen-bond acceptors (Lipinski definition) is 2. The van der Waals surface area contributed by atoms with E-state index in [0.29, 0.717) is 13.0 Å². The zero-order valence-electron chi connectivity index (χ0n) is 3.93. The molecule has 2 nitrogen and oxygen atoms in total. The van der Waals surface area contributed by atoms with Gasteiger partial charge < -0.3 is 10.5 Å². The summed E-state index contributed by atoms with van der Waals surface area (Å²) in [6.45, 7) is 0.475. The van der Waals surface area contributed by atoms with Gasteiger partial charge in [0.2, 0.25) is 6.36 Å². The minimum Gasteiger partial charge on any atom is -0.347 e. The van der Waals surface area contributed by atoms with Crippen LogP contribution in [0.4, 0.5) is 4.39 Å². The number of halogens is 1. The quantitative estimate of drug-likeness (QED) is 0.471. The van der Waals surface area contributed by atoms with Crippen LogP contribution >= 0.6 is 0 Å². The third-order valence-corrected chi connectivity index (χ3v) is 1.06. The maximum Gasteiger partial charge on any atom is 0.214 e. The van der Waals surface area contributed by atoms with Gasteiger partial charge in [-0.1, -0.05) is 0 Å². The van der Waals surface area contributed by atoms with Gasteiger partial charge in [-0.3, -0.25) is 0 Å². The summed E-state index contributed by atoms with van der Waals surface area (Å²) in [5, 5.41) is 0. The second-order valence-corrected chi connectivity index (χ2v) is 1.67. The smallest absolute Gasteiger partial charge is 0.214 e. The monoisotopic (exact) mass is 105 g/mol. The lowest BCUT2D eigenvalue weighted by Crippen LogP contribution is -2.25. The Kier molecular flexibility index (Phi) is 1.25. The van der Waals surface area contributed by atoms with Gasteiger partial charge in [-0.05, 0) is 6.42 Å². The average Bonchev–Trinajstić information content (AvgIpc) is 1.91. The Morgan fingerprint density at radius 2 is 2.43 bits per heavy atom. The molecule has 2 N–H and O–H groups in total. The molecule has 1 aliphatic rings. The van der Waals surface area contributed by atoms with Crippen molar-refractivity contribution >= 4 is 0 Å². The van der Waals surface area contributed by atoms with Gasteiger partial charge in [-0.15, -0.1) is 0 Å². The average molecular weight is 105 g/mol. The Hall–Kier alpha value is -0.150. The van der Waals surface area contributed by atoms with E-state index in [1.807, 2.05) is 0 Å². The van der Waals surface area contributed by atoms with Crippen molar-refractivity contribution in [3.05, 3.63) is 0 Å². The predicted molar refractivity (Wildman–Crippen MR) is 23.4 cm³/mol. The maximum atomic E-state index is 12.0. The van der Waals surface area contributed by atoms with Crippen LogP contribution in [0.25, 0.3) is 0 Å². The molecule has 42 valence electrons. The maximum absolute atomic E-state index is 12.0. The van der Waals surface area contributed by atoms with Gasteiger partial charge in [-0.2, -0.15) is 0 Å². The van der Waals surface area contributed by atoms with Crippen molar-refractivity contribution in [1.29, 1.82) is 0 Å². The third-order valence-electron chi connectivity index (χ3n) is 1.06. The summed E-state index contributed by atoms with van der Waals surface area (Å²) < 4.78 is 16.4. The van der Waals surface area contributed by atoms with E-state index in [9.17, 15) is 4.39 Å². The van der Waals surface area contributed by atoms with E-state index in [2.05, 4.69) is 4.74 Å². The zero-order chi connectivity index (χ0) is 5.28. The molecule has 2 unspecified atom stereocenters. The molecular formula is C4H8FNO. The zero-order valence-corrected chi connectivity index (χ0v) is 3.93. The minimum absolute atomic E-state index is 0.375. The Morgan fingerprint density at radius 1 is 1.71 bits per heavy atom. The first-order chi connectivity index (χ1) is 3.30. The van der Waals surface area contributed by atoms with Gasteiger partial charge in [0.05, 0.1) is 12.6 Å². The van der Waals surface area contributed by atoms with E-state index in [1.165, 1.54) is 0 Å². The van der Waals surface area contributed by atoms with E-state index in [4.69, 9.17) is 5.73 Å². The molecule has 0 aromatic carbocycles. The summed E-state index contributed by atoms with van der Waals surface area (Å²) in [5.41, 5.74) is 5.18. The Morgan fingerprint density at radius 3 is 2.57 bits per heavy atom. The van der Waals surface area contributed by atoms with Gasteiger partial charge in [0.15, 0.2) is 0 Å². The number of nitrogens with two attached hydrogens (primary N) is 1. The highest BCUT2D eigenvalue weighted by Crippen LogP contribution is 2.10. The summed E-state index contributed by atoms with van der Waals surface area (Å²) in [6, 6.07) is -0.375. The van der Waals surface area contributed by atoms with E-state index in [0.717, 1.165) is 0 Å². The minimum atomic E-state index is -1.21. The van der Waals surface area contributed by atoms with Crippen LogP contribution in [0.15, 0.2) is 0 Å². The SMILES string of the molecule is NC1CCOC1F. The molecule has 1 saturated heterocycles. The van der Waals surface area contributed by atoms with Crippen LogP contribution in [0.3, 0.4) is 0 Å². The van der Waals surface area contributed by atoms with Crippen molar-refractivity contribution in [2.24, 2.45) is 5.73 Å². The number of hydrogen-bond donors (Lipinski definition) is 1. The molecule has 3 heteroatoms. The molecule has 2 atom stereocenters. The fraction of sp³-hybridized carbons (Fsp3) is 1.00. The van der Waals surface area contributed by atoms with Crippen molar-refractivity contribution < 1.29 is 9.13 Å². The first-order valence-corrected chi connectivity index (χ1v) is 2.32. The third kappa shape index (κ3) is 0.894. The first kappa shape index (κ1) is 5.00. The van der Waals surface area contributed by atoms with Crippen molar-refractivity contribution in [2.75, 3.05) is 6.61 Å². The molecule has 0 aromatic rings. The molecule has 1 rings (SSSR count). The van der Waals surface area contributed by atoms with E-state index >= 15 is 0 Å². The lowest BCUT2D eigenvalue weighted by atomic mass is 10.3. The lowest BCUT2D eigenvalue weighted by molar-refractivity contribution is 0.00166. The summed E-state index contributed by atoms with van der Waals surface area (Å²) in [4.78, 5) is 0. The molecule has 0 aliphatic carbocycles. The van der Waals surface area contributed by atoms with Gasteiger partial charge in [0, 0.05) is 0 Å². The molecule has 7 heavy (non-hydrogen) atoms. The summed E-state index contributed by atoms with van der Waals surface area (Å²) in [7, 11) is 0. The standard InChI is InChI=1S/C4H8FNO/c5-4-3(6)1-2-7-4/h3-4H,1-2,6H2. The molecule has 0 amide bonds. The largest absolute Gasteiger partial charge is 0.347 e. The Balaban J connectivity index is 2.33. The molecule has 1 heterocycles. The van der Waals surface area contributed by atoms with Gasteiger partial charge >= 0.3 is 0 Å². The van der Waals surface area contributed by atoms with Crippen molar-refractivity contribution in [3.8, 4) is 0 Å². The van der Waals surface area contributed by atoms with Crippen LogP contribution in [0.2, 0.25) is 0 Å². The number of rotatable bonds is 0. The molecular weight excluding hydrogens is 97.0 g/mol. The predicted octanol–water partition coefficient (Wildman–Crippen LogP) is 0.0296. The number of alkyl halides is 1. The van der Waals surface area contributed by atoms with Crippen LogP contribution in [0.1, 0.15) is 6.42 Å². The topological polar surface area (TPSA) is 35.2 Å². The highest BCUT2D eigenvalue weighted by Gasteiger charge is 2.23. The van der Waals surface area contributed by atoms with Gasteiger partial charge in [0.1, 0.15) is 0 Å². The van der Waals surface area contributed by atoms with Crippen molar-refractivity contribution in [3.63, 3.8) is 0 Å². The van der Waals surface area contributed by atoms with Crippen LogP contribution in [0, 0.1) is 0 Å². The van der Waals surface area contributed by atoms with Gasteiger partial charge in [0.25, 0.3) is 0 Å². The molecule has 0 radical (unpaired) electrons. The summed E-state index contributed by atoms with van der Waals surface area (Å²) in [5.74, 6) is 0. The lowest BCUT2D eigenvalue weighted by Gasteiger charge is -2.00. The fourth-order valence-corrected chi connectivity index (χ4v) is 0.571. The normalized spacial score (nSPS) is 42.0. The summed E-state index contributed by atoms with van der Waals surface area (Å²) in [6.07, 6.45) is -0.554. The van der Waals surface area contributed by atoms with Crippen LogP contribution in [-0.4, -0.2) is 19.0 Å². The molecule has 1 fully saturated rings. The first-order valence-electron chi connectivity index (χ1n) is 2.32. The molecule has 0 aromatic heterocycles. The number of ether oxygens (including phenoxy) is 1. The Bertz CT molecular complexity index is 60.7. The highest BCUT2D eigenvalue weighted by molar-refractivity contribution is 4.69. The highest BCUT2D eigenvalue weighted by atomic mass is 19.1. The molecule has 0 saturated carbocycles. The Labute approximate surface area is 41.4 Å².